The van der Waals surface area contributed by atoms with Crippen LogP contribution in [-0.4, -0.2) is 32.3 Å². The maximum absolute atomic E-state index is 14.0. The lowest BCUT2D eigenvalue weighted by Gasteiger charge is -2.22. The van der Waals surface area contributed by atoms with Crippen LogP contribution in [0.3, 0.4) is 0 Å². The van der Waals surface area contributed by atoms with Gasteiger partial charge in [-0.05, 0) is 61.1 Å². The first-order chi connectivity index (χ1) is 15.1. The molecule has 0 bridgehead atoms. The summed E-state index contributed by atoms with van der Waals surface area (Å²) < 4.78 is 14.0. The number of anilines is 1. The van der Waals surface area contributed by atoms with E-state index >= 15 is 0 Å². The topological polar surface area (TPSA) is 71.0 Å². The van der Waals surface area contributed by atoms with Crippen LogP contribution in [0.4, 0.5) is 10.2 Å². The molecule has 0 radical (unpaired) electrons. The minimum absolute atomic E-state index is 0.00349. The molecule has 2 aliphatic rings. The molecule has 0 fully saturated rings. The fourth-order valence-corrected chi connectivity index (χ4v) is 4.52. The molecule has 31 heavy (non-hydrogen) atoms. The number of benzene rings is 1. The standard InChI is InChI=1S/C24H24FN5O/c1-15(31)30-12-10-21(18-9-8-17(25)13-16(18)14-30)27-23-19-5-4-7-20(19)28-24(29-23)22-6-2-3-11-26-22/h2-3,6,8-9,11,13,21H,4-5,7,10,12,14H2,1H3,(H,27,28,29). The van der Waals surface area contributed by atoms with Crippen molar-refractivity contribution < 1.29 is 9.18 Å². The van der Waals surface area contributed by atoms with Gasteiger partial charge in [0.05, 0.1) is 6.04 Å². The van der Waals surface area contributed by atoms with Gasteiger partial charge in [-0.2, -0.15) is 0 Å². The Hall–Kier alpha value is -3.35. The van der Waals surface area contributed by atoms with Gasteiger partial charge in [0.25, 0.3) is 0 Å². The molecule has 5 rings (SSSR count). The minimum Gasteiger partial charge on any atom is -0.363 e. The highest BCUT2D eigenvalue weighted by molar-refractivity contribution is 5.73. The van der Waals surface area contributed by atoms with Gasteiger partial charge in [0.15, 0.2) is 5.82 Å². The SMILES string of the molecule is CC(=O)N1CCC(Nc2nc(-c3ccccn3)nc3c2CCC3)c2ccc(F)cc2C1. The van der Waals surface area contributed by atoms with E-state index < -0.39 is 0 Å². The van der Waals surface area contributed by atoms with Gasteiger partial charge in [-0.25, -0.2) is 14.4 Å². The van der Waals surface area contributed by atoms with E-state index in [4.69, 9.17) is 9.97 Å². The van der Waals surface area contributed by atoms with Gasteiger partial charge in [-0.3, -0.25) is 9.78 Å². The van der Waals surface area contributed by atoms with Gasteiger partial charge in [0, 0.05) is 37.5 Å². The molecule has 0 saturated carbocycles. The Balaban J connectivity index is 1.54. The number of rotatable bonds is 3. The Morgan fingerprint density at radius 1 is 1.19 bits per heavy atom. The zero-order chi connectivity index (χ0) is 21.4. The highest BCUT2D eigenvalue weighted by Gasteiger charge is 2.27. The van der Waals surface area contributed by atoms with Crippen molar-refractivity contribution in [2.24, 2.45) is 0 Å². The number of carbonyl (C=O) groups is 1. The van der Waals surface area contributed by atoms with Crippen LogP contribution >= 0.6 is 0 Å². The van der Waals surface area contributed by atoms with Gasteiger partial charge in [-0.15, -0.1) is 0 Å². The largest absolute Gasteiger partial charge is 0.363 e. The van der Waals surface area contributed by atoms with Crippen LogP contribution in [0.2, 0.25) is 0 Å². The third kappa shape index (κ3) is 3.87. The van der Waals surface area contributed by atoms with Gasteiger partial charge < -0.3 is 10.2 Å². The van der Waals surface area contributed by atoms with Crippen molar-refractivity contribution in [3.8, 4) is 11.5 Å². The monoisotopic (exact) mass is 417 g/mol. The number of nitrogens with one attached hydrogen (secondary N) is 1. The summed E-state index contributed by atoms with van der Waals surface area (Å²) in [5, 5.41) is 3.63. The average molecular weight is 417 g/mol. The molecule has 1 amide bonds. The third-order valence-electron chi connectivity index (χ3n) is 6.11. The van der Waals surface area contributed by atoms with Crippen LogP contribution in [0.25, 0.3) is 11.5 Å². The maximum Gasteiger partial charge on any atom is 0.219 e. The van der Waals surface area contributed by atoms with Gasteiger partial charge in [-0.1, -0.05) is 12.1 Å². The van der Waals surface area contributed by atoms with Crippen LogP contribution < -0.4 is 5.32 Å². The molecule has 0 spiro atoms. The number of carbonyl (C=O) groups excluding carboxylic acids is 1. The van der Waals surface area contributed by atoms with Gasteiger partial charge >= 0.3 is 0 Å². The molecule has 1 unspecified atom stereocenters. The molecule has 3 aromatic rings. The maximum atomic E-state index is 14.0. The number of halogens is 1. The normalized spacial score (nSPS) is 17.6. The number of aryl methyl sites for hydroxylation is 1. The number of aromatic nitrogens is 3. The number of nitrogens with zero attached hydrogens (tertiary/aromatic N) is 4. The Labute approximate surface area is 180 Å². The lowest BCUT2D eigenvalue weighted by molar-refractivity contribution is -0.129. The number of pyridine rings is 1. The summed E-state index contributed by atoms with van der Waals surface area (Å²) in [6.45, 7) is 2.58. The molecule has 1 atom stereocenters. The minimum atomic E-state index is -0.289. The van der Waals surface area contributed by atoms with E-state index in [9.17, 15) is 9.18 Å². The smallest absolute Gasteiger partial charge is 0.219 e. The molecule has 2 aromatic heterocycles. The Morgan fingerprint density at radius 3 is 2.90 bits per heavy atom. The molecule has 7 heteroatoms. The number of amides is 1. The summed E-state index contributed by atoms with van der Waals surface area (Å²) in [7, 11) is 0. The molecule has 1 aliphatic carbocycles. The first-order valence-electron chi connectivity index (χ1n) is 10.7. The van der Waals surface area contributed by atoms with E-state index in [-0.39, 0.29) is 17.8 Å². The van der Waals surface area contributed by atoms with Crippen molar-refractivity contribution in [2.75, 3.05) is 11.9 Å². The fraction of sp³-hybridized carbons (Fsp3) is 0.333. The van der Waals surface area contributed by atoms with Crippen LogP contribution in [0.1, 0.15) is 48.2 Å². The quantitative estimate of drug-likeness (QED) is 0.696. The predicted molar refractivity (Wildman–Crippen MR) is 116 cm³/mol. The first-order valence-corrected chi connectivity index (χ1v) is 10.7. The molecule has 6 nitrogen and oxygen atoms in total. The number of fused-ring (bicyclic) bond motifs is 2. The summed E-state index contributed by atoms with van der Waals surface area (Å²) in [6, 6.07) is 10.5. The highest BCUT2D eigenvalue weighted by atomic mass is 19.1. The molecular weight excluding hydrogens is 393 g/mol. The molecule has 1 N–H and O–H groups in total. The van der Waals surface area contributed by atoms with Crippen molar-refractivity contribution in [2.45, 2.75) is 45.2 Å². The van der Waals surface area contributed by atoms with E-state index in [0.717, 1.165) is 59.6 Å². The van der Waals surface area contributed by atoms with E-state index in [1.54, 1.807) is 18.0 Å². The second-order valence-corrected chi connectivity index (χ2v) is 8.16. The molecule has 1 aliphatic heterocycles. The second kappa shape index (κ2) is 8.06. The Kier molecular flexibility index (Phi) is 5.10. The summed E-state index contributed by atoms with van der Waals surface area (Å²) in [5.41, 5.74) is 4.80. The van der Waals surface area contributed by atoms with Gasteiger partial charge in [0.1, 0.15) is 17.3 Å². The molecule has 0 saturated heterocycles. The Bertz CT molecular complexity index is 1130. The summed E-state index contributed by atoms with van der Waals surface area (Å²) in [4.78, 5) is 27.8. The second-order valence-electron chi connectivity index (χ2n) is 8.16. The van der Waals surface area contributed by atoms with Crippen LogP contribution in [0, 0.1) is 5.82 Å². The van der Waals surface area contributed by atoms with Crippen molar-refractivity contribution in [3.63, 3.8) is 0 Å². The van der Waals surface area contributed by atoms with E-state index in [0.29, 0.717) is 18.9 Å². The third-order valence-corrected chi connectivity index (χ3v) is 6.11. The zero-order valence-corrected chi connectivity index (χ0v) is 17.4. The van der Waals surface area contributed by atoms with E-state index in [2.05, 4.69) is 10.3 Å². The molecule has 3 heterocycles. The van der Waals surface area contributed by atoms with Crippen LogP contribution in [0.15, 0.2) is 42.6 Å². The van der Waals surface area contributed by atoms with Crippen molar-refractivity contribution in [1.82, 2.24) is 19.9 Å². The lowest BCUT2D eigenvalue weighted by Crippen LogP contribution is -2.28. The predicted octanol–water partition coefficient (Wildman–Crippen LogP) is 4.07. The Morgan fingerprint density at radius 2 is 2.10 bits per heavy atom. The average Bonchev–Trinajstić information content (AvgIpc) is 3.18. The summed E-state index contributed by atoms with van der Waals surface area (Å²) in [5.74, 6) is 1.14. The first kappa shape index (κ1) is 19.6. The van der Waals surface area contributed by atoms with Gasteiger partial charge in [0.2, 0.25) is 5.91 Å². The van der Waals surface area contributed by atoms with Crippen LogP contribution in [0.5, 0.6) is 0 Å². The number of hydrogen-bond donors (Lipinski definition) is 1. The molecule has 158 valence electrons. The van der Waals surface area contributed by atoms with Crippen molar-refractivity contribution >= 4 is 11.7 Å². The highest BCUT2D eigenvalue weighted by Crippen LogP contribution is 2.34. The van der Waals surface area contributed by atoms with E-state index in [1.165, 1.54) is 12.1 Å². The lowest BCUT2D eigenvalue weighted by atomic mass is 9.99. The fourth-order valence-electron chi connectivity index (χ4n) is 4.52. The summed E-state index contributed by atoms with van der Waals surface area (Å²) >= 11 is 0. The molecule has 1 aromatic carbocycles. The van der Waals surface area contributed by atoms with Crippen LogP contribution in [-0.2, 0) is 24.2 Å². The molecular formula is C24H24FN5O. The van der Waals surface area contributed by atoms with Crippen molar-refractivity contribution in [3.05, 3.63) is 70.8 Å². The van der Waals surface area contributed by atoms with Crippen molar-refractivity contribution in [1.29, 1.82) is 0 Å². The zero-order valence-electron chi connectivity index (χ0n) is 17.4. The number of hydrogen-bond acceptors (Lipinski definition) is 5. The van der Waals surface area contributed by atoms with E-state index in [1.807, 2.05) is 24.3 Å². The summed E-state index contributed by atoms with van der Waals surface area (Å²) in [6.07, 6.45) is 5.37.